The van der Waals surface area contributed by atoms with E-state index in [1.807, 2.05) is 47.5 Å². The Morgan fingerprint density at radius 2 is 0.672 bits per heavy atom. The number of hydrogen-bond donors (Lipinski definition) is 4. The highest BCUT2D eigenvalue weighted by molar-refractivity contribution is 7.93. The summed E-state index contributed by atoms with van der Waals surface area (Å²) in [5.74, 6) is -0.296. The van der Waals surface area contributed by atoms with Gasteiger partial charge in [0.2, 0.25) is 25.4 Å². The molecule has 12 heterocycles. The Morgan fingerprint density at radius 1 is 0.397 bits per heavy atom. The van der Waals surface area contributed by atoms with Gasteiger partial charge in [0.25, 0.3) is 23.6 Å². The molecule has 4 amide bonds. The number of carbonyl (C=O) groups excluding carboxylic acids is 4. The Balaban J connectivity index is 0.000000141. The number of nitrogens with one attached hydrogen (secondary N) is 4. The second kappa shape index (κ2) is 36.3. The van der Waals surface area contributed by atoms with E-state index in [9.17, 15) is 70.4 Å². The Hall–Kier alpha value is -12.0. The summed E-state index contributed by atoms with van der Waals surface area (Å²) in [6, 6.07) is 35.1. The molecule has 4 saturated heterocycles. The third kappa shape index (κ3) is 22.8. The number of halogens is 4. The van der Waals surface area contributed by atoms with Crippen molar-refractivity contribution in [2.24, 2.45) is 11.3 Å². The van der Waals surface area contributed by atoms with Gasteiger partial charge >= 0.3 is 0 Å². The maximum Gasteiger partial charge on any atom is 0.253 e. The van der Waals surface area contributed by atoms with Gasteiger partial charge in [-0.2, -0.15) is 20.4 Å². The lowest BCUT2D eigenvalue weighted by atomic mass is 9.97. The summed E-state index contributed by atoms with van der Waals surface area (Å²) >= 11 is 0. The van der Waals surface area contributed by atoms with Crippen LogP contribution in [0.1, 0.15) is 170 Å². The molecule has 0 radical (unpaired) electrons. The summed E-state index contributed by atoms with van der Waals surface area (Å²) in [6.07, 6.45) is 2.07. The third-order valence-electron chi connectivity index (χ3n) is 21.5. The summed E-state index contributed by atoms with van der Waals surface area (Å²) in [4.78, 5) is 69.4. The molecule has 4 unspecified atom stereocenters. The number of sulfone groups is 4. The number of amides is 4. The normalized spacial score (nSPS) is 18.2. The first-order chi connectivity index (χ1) is 61.3. The van der Waals surface area contributed by atoms with Crippen molar-refractivity contribution in [1.82, 2.24) is 80.3 Å². The lowest BCUT2D eigenvalue weighted by Crippen LogP contribution is -2.63. The average Bonchev–Trinajstić information content (AvgIpc) is 1.66. The number of carbonyl (C=O) groups is 4. The molecule has 32 nitrogen and oxygen atoms in total. The number of aromatic nitrogens is 12. The number of fused-ring (bicyclic) bond motifs is 4. The van der Waals surface area contributed by atoms with Gasteiger partial charge in [-0.05, 0) is 139 Å². The molecule has 131 heavy (non-hydrogen) atoms. The minimum atomic E-state index is -3.10. The number of alkyl halides is 4. The Kier molecular flexibility index (Phi) is 26.3. The molecule has 1 saturated carbocycles. The quantitative estimate of drug-likeness (QED) is 0.0386. The van der Waals surface area contributed by atoms with E-state index in [2.05, 4.69) is 75.8 Å². The maximum atomic E-state index is 13.3. The fourth-order valence-corrected chi connectivity index (χ4v) is 24.5. The molecule has 696 valence electrons. The summed E-state index contributed by atoms with van der Waals surface area (Å²) in [5.41, 5.74) is 8.62. The molecule has 4 N–H and O–H groups in total. The molecule has 17 rings (SSSR count). The second-order valence-corrected chi connectivity index (χ2v) is 45.5. The first-order valence-corrected chi connectivity index (χ1v) is 49.8. The smallest absolute Gasteiger partial charge is 0.253 e. The molecule has 40 heteroatoms. The Morgan fingerprint density at radius 3 is 0.962 bits per heavy atom. The van der Waals surface area contributed by atoms with Crippen LogP contribution in [0.15, 0.2) is 146 Å². The third-order valence-corrected chi connectivity index (χ3v) is 30.1. The highest BCUT2D eigenvalue weighted by atomic mass is 32.2. The zero-order chi connectivity index (χ0) is 94.8. The van der Waals surface area contributed by atoms with Gasteiger partial charge in [0, 0.05) is 93.9 Å². The van der Waals surface area contributed by atoms with Crippen molar-refractivity contribution in [3.63, 3.8) is 0 Å². The molecule has 1 aliphatic carbocycles. The second-order valence-electron chi connectivity index (χ2n) is 37.2. The summed E-state index contributed by atoms with van der Waals surface area (Å²) in [5, 5.41) is 30.2. The monoisotopic (exact) mass is 1880 g/mol. The van der Waals surface area contributed by atoms with E-state index >= 15 is 0 Å². The molecule has 0 spiro atoms. The number of benzene rings is 4. The molecule has 4 aromatic carbocycles. The first-order valence-electron chi connectivity index (χ1n) is 42.5. The number of pyridine rings is 4. The van der Waals surface area contributed by atoms with Crippen molar-refractivity contribution in [2.75, 3.05) is 46.0 Å². The number of nitrogens with zero attached hydrogens (tertiary/aromatic N) is 12. The zero-order valence-corrected chi connectivity index (χ0v) is 78.2. The molecule has 4 aliphatic heterocycles. The highest BCUT2D eigenvalue weighted by Gasteiger charge is 2.49. The number of hydrogen-bond acceptors (Lipinski definition) is 24. The van der Waals surface area contributed by atoms with Crippen molar-refractivity contribution >= 4 is 107 Å². The lowest BCUT2D eigenvalue weighted by molar-refractivity contribution is 0.0856. The minimum absolute atomic E-state index is 0.00838. The van der Waals surface area contributed by atoms with E-state index in [-0.39, 0.29) is 87.2 Å². The molecule has 8 aromatic heterocycles. The van der Waals surface area contributed by atoms with Crippen LogP contribution in [0.4, 0.5) is 17.6 Å². The van der Waals surface area contributed by atoms with Crippen molar-refractivity contribution in [1.29, 1.82) is 0 Å². The van der Waals surface area contributed by atoms with Crippen LogP contribution in [-0.4, -0.2) is 210 Å². The van der Waals surface area contributed by atoms with Crippen molar-refractivity contribution < 1.29 is 89.4 Å². The van der Waals surface area contributed by atoms with Gasteiger partial charge in [-0.1, -0.05) is 83.1 Å². The molecular weight excluding hydrogens is 1780 g/mol. The fraction of sp³-hybridized carbons (Fsp3) is 0.429. The van der Waals surface area contributed by atoms with Gasteiger partial charge in [0.1, 0.15) is 67.8 Å². The fourth-order valence-electron chi connectivity index (χ4n) is 16.5. The van der Waals surface area contributed by atoms with Gasteiger partial charge in [-0.25, -0.2) is 51.2 Å². The van der Waals surface area contributed by atoms with Crippen LogP contribution >= 0.6 is 0 Å². The predicted molar refractivity (Wildman–Crippen MR) is 488 cm³/mol. The maximum absolute atomic E-state index is 13.3. The van der Waals surface area contributed by atoms with E-state index in [0.717, 1.165) is 29.5 Å². The van der Waals surface area contributed by atoms with E-state index in [0.29, 0.717) is 137 Å². The SMILES string of the molecule is CC(C)Cn1nc(-c2cccc(OC(C)F)c2)c2ncc(C(=O)NC3(C)CS(=O)(=O)C3)cc21.CC(F)Oc1cccc(-c2nn(C(C)C)c3cc(C(=O)NC4(C)CS(=O)(=O)C4)cnc23)c1.CC(F)Oc1cccc(-c2nn(C3CC3)c3cc(C(=O)NC4(C)CS(=O)(=O)C4)cnc23)c1.CC(F)Oc1cccc(-c2nn(CC(C)(C)C)c3cc(C(=O)NC4(C)CS(=O)(=O)C4)cnc23)c1. The summed E-state index contributed by atoms with van der Waals surface area (Å²) in [6.45, 7) is 27.6. The lowest BCUT2D eigenvalue weighted by Gasteiger charge is -2.38. The molecule has 12 aromatic rings. The van der Waals surface area contributed by atoms with Crippen molar-refractivity contribution in [2.45, 2.75) is 189 Å². The molecular formula is C91H104F4N16O16S4. The van der Waals surface area contributed by atoms with E-state index in [1.165, 1.54) is 52.5 Å². The van der Waals surface area contributed by atoms with Crippen LogP contribution in [0.2, 0.25) is 0 Å². The zero-order valence-electron chi connectivity index (χ0n) is 74.9. The molecule has 4 atom stereocenters. The first kappa shape index (κ1) is 95.1. The van der Waals surface area contributed by atoms with E-state index in [4.69, 9.17) is 39.3 Å². The Bertz CT molecular complexity index is 6700. The van der Waals surface area contributed by atoms with Gasteiger partial charge in [0.05, 0.1) is 119 Å². The standard InChI is InChI=1S/C24H29FN4O4S.C23H27FN4O4S.C22H23FN4O4S.C22H25FN4O4S/c1-15(25)33-18-8-6-7-16(9-18)20-21-19(29(28-20)12-23(2,3)4)10-17(11-26-21)22(30)27-24(5)13-34(31,32)14-24;1-14(2)11-28-19-9-17(22(29)26-23(4)12-33(30,31)13-23)10-25-21(19)20(27-28)16-6-5-7-18(8-16)32-15(3)24;1-13(23)31-17-5-3-4-14(8-17)19-20-18(27(26-19)16-6-7-16)9-15(10-24-20)21(28)25-22(2)11-32(29,30)12-22;1-13(2)27-18-9-16(21(28)25-22(4)11-32(29,30)12-22)10-24-20(18)19(26-27)15-6-5-7-17(8-15)31-14(3)23/h6-11,15H,12-14H2,1-5H3,(H,27,30);5-10,14-15H,11-13H2,1-4H3,(H,26,29);3-5,8-10,13,16H,6-7,11-12H2,1-2H3,(H,25,28);5-10,13-14H,11-12H2,1-4H3,(H,25,28). The van der Waals surface area contributed by atoms with Gasteiger partial charge in [-0.3, -0.25) is 57.8 Å². The highest BCUT2D eigenvalue weighted by Crippen LogP contribution is 2.42. The minimum Gasteiger partial charge on any atom is -0.461 e. The van der Waals surface area contributed by atoms with Gasteiger partial charge in [-0.15, -0.1) is 0 Å². The summed E-state index contributed by atoms with van der Waals surface area (Å²) in [7, 11) is -12.3. The topological polar surface area (TPSA) is 413 Å². The van der Waals surface area contributed by atoms with E-state index < -0.39 is 86.9 Å². The Labute approximate surface area is 755 Å². The van der Waals surface area contributed by atoms with Gasteiger partial charge in [0.15, 0.2) is 39.3 Å². The summed E-state index contributed by atoms with van der Waals surface area (Å²) < 4.78 is 174. The van der Waals surface area contributed by atoms with Crippen LogP contribution in [0, 0.1) is 11.3 Å². The van der Waals surface area contributed by atoms with Crippen molar-refractivity contribution in [3.05, 3.63) is 168 Å². The van der Waals surface area contributed by atoms with E-state index in [1.54, 1.807) is 134 Å². The van der Waals surface area contributed by atoms with Crippen LogP contribution in [-0.2, 0) is 52.4 Å². The molecule has 0 bridgehead atoms. The van der Waals surface area contributed by atoms with Crippen LogP contribution in [0.3, 0.4) is 0 Å². The molecule has 5 fully saturated rings. The van der Waals surface area contributed by atoms with Gasteiger partial charge < -0.3 is 40.2 Å². The van der Waals surface area contributed by atoms with Crippen LogP contribution in [0.25, 0.3) is 89.2 Å². The predicted octanol–water partition coefficient (Wildman–Crippen LogP) is 13.5. The van der Waals surface area contributed by atoms with Crippen LogP contribution in [0.5, 0.6) is 23.0 Å². The van der Waals surface area contributed by atoms with Crippen molar-refractivity contribution in [3.8, 4) is 68.0 Å². The average molecular weight is 1880 g/mol. The van der Waals surface area contributed by atoms with Crippen LogP contribution < -0.4 is 40.2 Å². The molecule has 5 aliphatic rings. The number of ether oxygens (including phenoxy) is 4. The number of rotatable bonds is 25. The largest absolute Gasteiger partial charge is 0.461 e.